The second-order valence-electron chi connectivity index (χ2n) is 4.61. The van der Waals surface area contributed by atoms with Gasteiger partial charge >= 0.3 is 0 Å². The fourth-order valence-electron chi connectivity index (χ4n) is 2.03. The lowest BCUT2D eigenvalue weighted by Gasteiger charge is -2.20. The molecule has 110 valence electrons. The van der Waals surface area contributed by atoms with Crippen LogP contribution in [0.5, 0.6) is 11.5 Å². The first-order chi connectivity index (χ1) is 10.2. The zero-order chi connectivity index (χ0) is 14.7. The van der Waals surface area contributed by atoms with Crippen LogP contribution in [-0.4, -0.2) is 24.0 Å². The van der Waals surface area contributed by atoms with Crippen molar-refractivity contribution in [3.63, 3.8) is 0 Å². The van der Waals surface area contributed by atoms with E-state index in [1.54, 1.807) is 18.0 Å². The summed E-state index contributed by atoms with van der Waals surface area (Å²) in [6, 6.07) is 9.67. The first-order valence-corrected chi connectivity index (χ1v) is 8.40. The van der Waals surface area contributed by atoms with Crippen LogP contribution in [0.25, 0.3) is 0 Å². The normalized spacial score (nSPS) is 14.8. The smallest absolute Gasteiger partial charge is 0.161 e. The molecule has 0 fully saturated rings. The van der Waals surface area contributed by atoms with E-state index < -0.39 is 0 Å². The summed E-state index contributed by atoms with van der Waals surface area (Å²) in [5.74, 6) is 2.31. The van der Waals surface area contributed by atoms with Gasteiger partial charge in [-0.25, -0.2) is 4.98 Å². The maximum Gasteiger partial charge on any atom is 0.161 e. The van der Waals surface area contributed by atoms with Gasteiger partial charge in [-0.3, -0.25) is 0 Å². The first kappa shape index (κ1) is 14.7. The van der Waals surface area contributed by atoms with Gasteiger partial charge in [0.05, 0.1) is 0 Å². The zero-order valence-electron chi connectivity index (χ0n) is 11.3. The average molecular weight is 367 g/mol. The van der Waals surface area contributed by atoms with Gasteiger partial charge in [-0.2, -0.15) is 0 Å². The molecule has 0 bridgehead atoms. The molecule has 1 unspecified atom stereocenters. The standard InChI is InChI=1S/C15H15BrN2O2S/c16-11-2-1-5-18-15(11)21-9-12(17)10-3-4-13-14(8-10)20-7-6-19-13/h1-5,8,12H,6-7,9,17H2. The Balaban J connectivity index is 1.68. The minimum Gasteiger partial charge on any atom is -0.486 e. The number of benzene rings is 1. The molecule has 1 aliphatic rings. The summed E-state index contributed by atoms with van der Waals surface area (Å²) < 4.78 is 12.1. The zero-order valence-corrected chi connectivity index (χ0v) is 13.7. The molecule has 21 heavy (non-hydrogen) atoms. The Morgan fingerprint density at radius 3 is 2.86 bits per heavy atom. The van der Waals surface area contributed by atoms with Crippen LogP contribution in [0.4, 0.5) is 0 Å². The molecule has 1 aromatic heterocycles. The molecule has 1 atom stereocenters. The molecule has 0 radical (unpaired) electrons. The Morgan fingerprint density at radius 2 is 2.05 bits per heavy atom. The fourth-order valence-corrected chi connectivity index (χ4v) is 3.50. The van der Waals surface area contributed by atoms with Crippen LogP contribution in [0.1, 0.15) is 11.6 Å². The average Bonchev–Trinajstić information content (AvgIpc) is 2.53. The summed E-state index contributed by atoms with van der Waals surface area (Å²) in [4.78, 5) is 4.33. The van der Waals surface area contributed by atoms with E-state index >= 15 is 0 Å². The third kappa shape index (κ3) is 3.51. The van der Waals surface area contributed by atoms with Gasteiger partial charge < -0.3 is 15.2 Å². The molecule has 4 nitrogen and oxygen atoms in total. The molecular weight excluding hydrogens is 352 g/mol. The summed E-state index contributed by atoms with van der Waals surface area (Å²) in [5.41, 5.74) is 7.31. The topological polar surface area (TPSA) is 57.4 Å². The maximum absolute atomic E-state index is 6.27. The number of hydrogen-bond acceptors (Lipinski definition) is 5. The highest BCUT2D eigenvalue weighted by Gasteiger charge is 2.15. The van der Waals surface area contributed by atoms with E-state index in [0.717, 1.165) is 32.3 Å². The third-order valence-corrected chi connectivity index (χ3v) is 5.15. The summed E-state index contributed by atoms with van der Waals surface area (Å²) >= 11 is 5.12. The Morgan fingerprint density at radius 1 is 1.24 bits per heavy atom. The van der Waals surface area contributed by atoms with Gasteiger partial charge in [0.2, 0.25) is 0 Å². The summed E-state index contributed by atoms with van der Waals surface area (Å²) in [6.45, 7) is 1.18. The summed E-state index contributed by atoms with van der Waals surface area (Å²) in [6.07, 6.45) is 1.78. The number of nitrogens with two attached hydrogens (primary N) is 1. The SMILES string of the molecule is NC(CSc1ncccc1Br)c1ccc2c(c1)OCCO2. The Kier molecular flexibility index (Phi) is 4.67. The first-order valence-electron chi connectivity index (χ1n) is 6.62. The van der Waals surface area contributed by atoms with Crippen molar-refractivity contribution in [1.82, 2.24) is 4.98 Å². The summed E-state index contributed by atoms with van der Waals surface area (Å²) in [5, 5.41) is 0.950. The minimum absolute atomic E-state index is 0.0836. The number of ether oxygens (including phenoxy) is 2. The Labute approximate surface area is 136 Å². The van der Waals surface area contributed by atoms with Gasteiger partial charge in [-0.05, 0) is 45.8 Å². The highest BCUT2D eigenvalue weighted by atomic mass is 79.9. The van der Waals surface area contributed by atoms with E-state index in [4.69, 9.17) is 15.2 Å². The summed E-state index contributed by atoms with van der Waals surface area (Å²) in [7, 11) is 0. The van der Waals surface area contributed by atoms with Gasteiger partial charge in [0.1, 0.15) is 18.2 Å². The quantitative estimate of drug-likeness (QED) is 0.840. The van der Waals surface area contributed by atoms with Crippen molar-refractivity contribution >= 4 is 27.7 Å². The van der Waals surface area contributed by atoms with Gasteiger partial charge in [0, 0.05) is 22.5 Å². The highest BCUT2D eigenvalue weighted by Crippen LogP contribution is 2.34. The minimum atomic E-state index is -0.0836. The van der Waals surface area contributed by atoms with Crippen LogP contribution in [0.3, 0.4) is 0 Å². The van der Waals surface area contributed by atoms with E-state index in [9.17, 15) is 0 Å². The number of thioether (sulfide) groups is 1. The van der Waals surface area contributed by atoms with Crippen molar-refractivity contribution in [2.75, 3.05) is 19.0 Å². The number of aromatic nitrogens is 1. The fraction of sp³-hybridized carbons (Fsp3) is 0.267. The molecule has 0 spiro atoms. The van der Waals surface area contributed by atoms with E-state index in [2.05, 4.69) is 20.9 Å². The second-order valence-corrected chi connectivity index (χ2v) is 6.47. The molecular formula is C15H15BrN2O2S. The monoisotopic (exact) mass is 366 g/mol. The van der Waals surface area contributed by atoms with Crippen molar-refractivity contribution in [3.05, 3.63) is 46.6 Å². The largest absolute Gasteiger partial charge is 0.486 e. The molecule has 2 N–H and O–H groups in total. The molecule has 0 saturated heterocycles. The molecule has 1 aromatic carbocycles. The Bertz CT molecular complexity index is 639. The molecule has 2 aromatic rings. The van der Waals surface area contributed by atoms with Crippen molar-refractivity contribution in [3.8, 4) is 11.5 Å². The van der Waals surface area contributed by atoms with Gasteiger partial charge in [0.25, 0.3) is 0 Å². The third-order valence-electron chi connectivity index (χ3n) is 3.12. The van der Waals surface area contributed by atoms with Crippen LogP contribution in [0, 0.1) is 0 Å². The number of halogens is 1. The molecule has 0 aliphatic carbocycles. The number of fused-ring (bicyclic) bond motifs is 1. The number of nitrogens with zero attached hydrogens (tertiary/aromatic N) is 1. The van der Waals surface area contributed by atoms with E-state index in [1.165, 1.54) is 0 Å². The van der Waals surface area contributed by atoms with Crippen LogP contribution in [-0.2, 0) is 0 Å². The number of hydrogen-bond donors (Lipinski definition) is 1. The molecule has 2 heterocycles. The van der Waals surface area contributed by atoms with E-state index in [0.29, 0.717) is 13.2 Å². The van der Waals surface area contributed by atoms with Crippen molar-refractivity contribution < 1.29 is 9.47 Å². The lowest BCUT2D eigenvalue weighted by atomic mass is 10.1. The number of pyridine rings is 1. The van der Waals surface area contributed by atoms with E-state index in [-0.39, 0.29) is 6.04 Å². The maximum atomic E-state index is 6.27. The van der Waals surface area contributed by atoms with Gasteiger partial charge in [0.15, 0.2) is 11.5 Å². The molecule has 0 saturated carbocycles. The predicted molar refractivity (Wildman–Crippen MR) is 87.0 cm³/mol. The van der Waals surface area contributed by atoms with Crippen molar-refractivity contribution in [2.45, 2.75) is 11.1 Å². The second kappa shape index (κ2) is 6.68. The number of rotatable bonds is 4. The van der Waals surface area contributed by atoms with Crippen molar-refractivity contribution in [2.24, 2.45) is 5.73 Å². The van der Waals surface area contributed by atoms with Crippen LogP contribution >= 0.6 is 27.7 Å². The lowest BCUT2D eigenvalue weighted by molar-refractivity contribution is 0.171. The van der Waals surface area contributed by atoms with Crippen LogP contribution in [0.2, 0.25) is 0 Å². The van der Waals surface area contributed by atoms with Crippen LogP contribution < -0.4 is 15.2 Å². The Hall–Kier alpha value is -1.24. The predicted octanol–water partition coefficient (Wildman–Crippen LogP) is 3.41. The molecule has 1 aliphatic heterocycles. The van der Waals surface area contributed by atoms with Crippen molar-refractivity contribution in [1.29, 1.82) is 0 Å². The highest BCUT2D eigenvalue weighted by molar-refractivity contribution is 9.10. The van der Waals surface area contributed by atoms with Gasteiger partial charge in [-0.1, -0.05) is 6.07 Å². The molecule has 6 heteroatoms. The van der Waals surface area contributed by atoms with Crippen LogP contribution in [0.15, 0.2) is 46.0 Å². The molecule has 0 amide bonds. The van der Waals surface area contributed by atoms with Gasteiger partial charge in [-0.15, -0.1) is 11.8 Å². The lowest BCUT2D eigenvalue weighted by Crippen LogP contribution is -2.17. The molecule has 3 rings (SSSR count). The van der Waals surface area contributed by atoms with E-state index in [1.807, 2.05) is 30.3 Å².